The molecule has 0 aliphatic carbocycles. The molecule has 4 nitrogen and oxygen atoms in total. The number of carbonyl (C=O) groups is 1. The largest absolute Gasteiger partial charge is 0.478 e. The first-order chi connectivity index (χ1) is 9.72. The third-order valence-corrected chi connectivity index (χ3v) is 3.12. The minimum Gasteiger partial charge on any atom is -0.478 e. The highest BCUT2D eigenvalue weighted by Gasteiger charge is 2.05. The third-order valence-electron chi connectivity index (χ3n) is 3.12. The van der Waals surface area contributed by atoms with Crippen LogP contribution < -0.4 is 0 Å². The number of rotatable bonds is 3. The molecule has 3 rings (SSSR count). The van der Waals surface area contributed by atoms with Crippen molar-refractivity contribution in [3.63, 3.8) is 0 Å². The summed E-state index contributed by atoms with van der Waals surface area (Å²) in [6.07, 6.45) is 3.90. The summed E-state index contributed by atoms with van der Waals surface area (Å²) in [5.41, 5.74) is 3.04. The molecule has 4 heteroatoms. The predicted octanol–water partition coefficient (Wildman–Crippen LogP) is 2.92. The van der Waals surface area contributed by atoms with Crippen LogP contribution in [0.1, 0.15) is 21.6 Å². The van der Waals surface area contributed by atoms with E-state index in [1.165, 1.54) is 12.3 Å². The number of carboxylic acid groups (broad SMARTS) is 1. The highest BCUT2D eigenvalue weighted by Crippen LogP contribution is 2.16. The van der Waals surface area contributed by atoms with E-state index in [0.29, 0.717) is 6.42 Å². The summed E-state index contributed by atoms with van der Waals surface area (Å²) in [6, 6.07) is 13.0. The fourth-order valence-electron chi connectivity index (χ4n) is 2.15. The summed E-state index contributed by atoms with van der Waals surface area (Å²) in [5, 5.41) is 10.0. The van der Waals surface area contributed by atoms with Crippen LogP contribution in [-0.4, -0.2) is 21.0 Å². The first kappa shape index (κ1) is 12.3. The molecule has 0 saturated carbocycles. The van der Waals surface area contributed by atoms with Gasteiger partial charge in [-0.05, 0) is 35.9 Å². The Balaban J connectivity index is 1.92. The van der Waals surface area contributed by atoms with Gasteiger partial charge in [0.15, 0.2) is 0 Å². The van der Waals surface area contributed by atoms with Crippen LogP contribution in [0.25, 0.3) is 10.9 Å². The quantitative estimate of drug-likeness (QED) is 0.790. The third kappa shape index (κ3) is 2.49. The monoisotopic (exact) mass is 264 g/mol. The van der Waals surface area contributed by atoms with Crippen molar-refractivity contribution in [2.45, 2.75) is 6.42 Å². The molecular formula is C16H12N2O2. The number of benzene rings is 1. The SMILES string of the molecule is O=C(O)c1ccnc(Cc2ccc3ncccc3c2)c1. The molecule has 1 N–H and O–H groups in total. The topological polar surface area (TPSA) is 63.1 Å². The molecule has 3 aromatic rings. The Morgan fingerprint density at radius 3 is 2.80 bits per heavy atom. The van der Waals surface area contributed by atoms with Gasteiger partial charge in [0.2, 0.25) is 0 Å². The zero-order chi connectivity index (χ0) is 13.9. The van der Waals surface area contributed by atoms with E-state index in [1.54, 1.807) is 12.3 Å². The maximum absolute atomic E-state index is 10.9. The second kappa shape index (κ2) is 5.09. The van der Waals surface area contributed by atoms with Crippen LogP contribution in [0.5, 0.6) is 0 Å². The number of hydrogen-bond acceptors (Lipinski definition) is 3. The summed E-state index contributed by atoms with van der Waals surface area (Å²) >= 11 is 0. The van der Waals surface area contributed by atoms with Gasteiger partial charge in [-0.25, -0.2) is 4.79 Å². The van der Waals surface area contributed by atoms with Crippen LogP contribution in [0, 0.1) is 0 Å². The number of aromatic nitrogens is 2. The Kier molecular flexibility index (Phi) is 3.13. The lowest BCUT2D eigenvalue weighted by Crippen LogP contribution is -2.00. The van der Waals surface area contributed by atoms with Crippen molar-refractivity contribution in [1.29, 1.82) is 0 Å². The number of fused-ring (bicyclic) bond motifs is 1. The fraction of sp³-hybridized carbons (Fsp3) is 0.0625. The Hall–Kier alpha value is -2.75. The van der Waals surface area contributed by atoms with Crippen molar-refractivity contribution in [3.05, 3.63) is 71.7 Å². The molecule has 2 aromatic heterocycles. The summed E-state index contributed by atoms with van der Waals surface area (Å²) < 4.78 is 0. The average molecular weight is 264 g/mol. The van der Waals surface area contributed by atoms with Gasteiger partial charge >= 0.3 is 5.97 Å². The number of aromatic carboxylic acids is 1. The van der Waals surface area contributed by atoms with Crippen molar-refractivity contribution in [1.82, 2.24) is 9.97 Å². The van der Waals surface area contributed by atoms with Crippen molar-refractivity contribution in [2.75, 3.05) is 0 Å². The molecule has 0 aliphatic rings. The predicted molar refractivity (Wildman–Crippen MR) is 75.7 cm³/mol. The first-order valence-electron chi connectivity index (χ1n) is 6.24. The van der Waals surface area contributed by atoms with E-state index in [9.17, 15) is 4.79 Å². The first-order valence-corrected chi connectivity index (χ1v) is 6.24. The summed E-state index contributed by atoms with van der Waals surface area (Å²) in [6.45, 7) is 0. The number of nitrogens with zero attached hydrogens (tertiary/aromatic N) is 2. The molecule has 0 amide bonds. The molecule has 2 heterocycles. The van der Waals surface area contributed by atoms with Crippen LogP contribution in [0.4, 0.5) is 0 Å². The van der Waals surface area contributed by atoms with Gasteiger partial charge in [0.1, 0.15) is 0 Å². The summed E-state index contributed by atoms with van der Waals surface area (Å²) in [7, 11) is 0. The maximum Gasteiger partial charge on any atom is 0.335 e. The van der Waals surface area contributed by atoms with E-state index in [1.807, 2.05) is 24.3 Å². The Morgan fingerprint density at radius 2 is 1.95 bits per heavy atom. The average Bonchev–Trinajstić information content (AvgIpc) is 2.47. The molecule has 0 bridgehead atoms. The molecule has 0 spiro atoms. The van der Waals surface area contributed by atoms with Gasteiger partial charge in [0.05, 0.1) is 11.1 Å². The molecule has 98 valence electrons. The highest BCUT2D eigenvalue weighted by molar-refractivity contribution is 5.87. The van der Waals surface area contributed by atoms with Gasteiger partial charge in [-0.1, -0.05) is 12.1 Å². The minimum absolute atomic E-state index is 0.262. The van der Waals surface area contributed by atoms with E-state index in [0.717, 1.165) is 22.2 Å². The molecule has 20 heavy (non-hydrogen) atoms. The van der Waals surface area contributed by atoms with E-state index in [2.05, 4.69) is 16.0 Å². The second-order valence-corrected chi connectivity index (χ2v) is 4.55. The maximum atomic E-state index is 10.9. The molecule has 0 unspecified atom stereocenters. The standard InChI is InChI=1S/C16H12N2O2/c19-16(20)13-5-7-17-14(10-13)9-11-3-4-15-12(8-11)2-1-6-18-15/h1-8,10H,9H2,(H,19,20). The molecule has 0 aliphatic heterocycles. The molecule has 1 aromatic carbocycles. The summed E-state index contributed by atoms with van der Waals surface area (Å²) in [5.74, 6) is -0.934. The Morgan fingerprint density at radius 1 is 1.05 bits per heavy atom. The van der Waals surface area contributed by atoms with Crippen LogP contribution in [0.2, 0.25) is 0 Å². The van der Waals surface area contributed by atoms with Gasteiger partial charge in [0, 0.05) is 29.9 Å². The van der Waals surface area contributed by atoms with Gasteiger partial charge < -0.3 is 5.11 Å². The van der Waals surface area contributed by atoms with E-state index >= 15 is 0 Å². The minimum atomic E-state index is -0.934. The van der Waals surface area contributed by atoms with Crippen LogP contribution in [0.15, 0.2) is 54.9 Å². The van der Waals surface area contributed by atoms with Gasteiger partial charge in [-0.3, -0.25) is 9.97 Å². The van der Waals surface area contributed by atoms with E-state index in [4.69, 9.17) is 5.11 Å². The lowest BCUT2D eigenvalue weighted by molar-refractivity contribution is 0.0696. The van der Waals surface area contributed by atoms with Crippen molar-refractivity contribution in [2.24, 2.45) is 0 Å². The van der Waals surface area contributed by atoms with Crippen LogP contribution in [0.3, 0.4) is 0 Å². The zero-order valence-corrected chi connectivity index (χ0v) is 10.7. The normalized spacial score (nSPS) is 10.6. The molecular weight excluding hydrogens is 252 g/mol. The number of carboxylic acids is 1. The molecule has 0 fully saturated rings. The van der Waals surface area contributed by atoms with Gasteiger partial charge in [-0.15, -0.1) is 0 Å². The van der Waals surface area contributed by atoms with Crippen LogP contribution >= 0.6 is 0 Å². The molecule has 0 atom stereocenters. The number of hydrogen-bond donors (Lipinski definition) is 1. The zero-order valence-electron chi connectivity index (χ0n) is 10.7. The fourth-order valence-corrected chi connectivity index (χ4v) is 2.15. The van der Waals surface area contributed by atoms with Crippen molar-refractivity contribution >= 4 is 16.9 Å². The van der Waals surface area contributed by atoms with Crippen molar-refractivity contribution < 1.29 is 9.90 Å². The van der Waals surface area contributed by atoms with E-state index in [-0.39, 0.29) is 5.56 Å². The van der Waals surface area contributed by atoms with Crippen molar-refractivity contribution in [3.8, 4) is 0 Å². The van der Waals surface area contributed by atoms with Gasteiger partial charge in [-0.2, -0.15) is 0 Å². The lowest BCUT2D eigenvalue weighted by atomic mass is 10.1. The highest BCUT2D eigenvalue weighted by atomic mass is 16.4. The Labute approximate surface area is 115 Å². The van der Waals surface area contributed by atoms with Gasteiger partial charge in [0.25, 0.3) is 0 Å². The summed E-state index contributed by atoms with van der Waals surface area (Å²) in [4.78, 5) is 19.4. The smallest absolute Gasteiger partial charge is 0.335 e. The van der Waals surface area contributed by atoms with E-state index < -0.39 is 5.97 Å². The lowest BCUT2D eigenvalue weighted by Gasteiger charge is -2.04. The number of pyridine rings is 2. The second-order valence-electron chi connectivity index (χ2n) is 4.55. The molecule has 0 radical (unpaired) electrons. The molecule has 0 saturated heterocycles. The van der Waals surface area contributed by atoms with Crippen LogP contribution in [-0.2, 0) is 6.42 Å². The Bertz CT molecular complexity index is 784.